The fourth-order valence-electron chi connectivity index (χ4n) is 9.13. The lowest BCUT2D eigenvalue weighted by atomic mass is 9.44. The van der Waals surface area contributed by atoms with Crippen molar-refractivity contribution < 1.29 is 10.2 Å². The molecule has 2 N–H and O–H groups in total. The summed E-state index contributed by atoms with van der Waals surface area (Å²) in [6.07, 6.45) is 13.9. The van der Waals surface area contributed by atoms with Gasteiger partial charge in [-0.3, -0.25) is 4.98 Å². The smallest absolute Gasteiger partial charge is 0.0917 e. The fraction of sp³-hybridized carbons (Fsp3) is 0.808. The van der Waals surface area contributed by atoms with Crippen molar-refractivity contribution in [2.75, 3.05) is 0 Å². The molecule has 1 aromatic heterocycles. The van der Waals surface area contributed by atoms with Crippen LogP contribution in [0.15, 0.2) is 18.5 Å². The maximum absolute atomic E-state index is 11.8. The van der Waals surface area contributed by atoms with E-state index in [4.69, 9.17) is 11.6 Å². The van der Waals surface area contributed by atoms with E-state index >= 15 is 0 Å². The summed E-state index contributed by atoms with van der Waals surface area (Å²) in [5.41, 5.74) is 0.476. The highest BCUT2D eigenvalue weighted by Crippen LogP contribution is 2.69. The van der Waals surface area contributed by atoms with Gasteiger partial charge < -0.3 is 10.2 Å². The zero-order valence-corrected chi connectivity index (χ0v) is 19.5. The van der Waals surface area contributed by atoms with Crippen molar-refractivity contribution in [2.45, 2.75) is 90.3 Å². The second-order valence-corrected chi connectivity index (χ2v) is 12.2. The Morgan fingerprint density at radius 3 is 2.53 bits per heavy atom. The van der Waals surface area contributed by atoms with E-state index in [0.29, 0.717) is 22.3 Å². The van der Waals surface area contributed by atoms with Gasteiger partial charge >= 0.3 is 0 Å². The van der Waals surface area contributed by atoms with E-state index in [-0.39, 0.29) is 17.4 Å². The summed E-state index contributed by atoms with van der Waals surface area (Å²) in [7, 11) is 0. The Morgan fingerprint density at radius 2 is 1.77 bits per heavy atom. The summed E-state index contributed by atoms with van der Waals surface area (Å²) in [5, 5.41) is 22.6. The highest BCUT2D eigenvalue weighted by Gasteiger charge is 2.62. The number of hydrogen-bond donors (Lipinski definition) is 2. The predicted octanol–water partition coefficient (Wildman–Crippen LogP) is 5.96. The Balaban J connectivity index is 1.44. The predicted molar refractivity (Wildman–Crippen MR) is 120 cm³/mol. The molecule has 166 valence electrons. The minimum Gasteiger partial charge on any atom is -0.393 e. The van der Waals surface area contributed by atoms with Crippen LogP contribution in [0.5, 0.6) is 0 Å². The van der Waals surface area contributed by atoms with Crippen LogP contribution in [0.3, 0.4) is 0 Å². The quantitative estimate of drug-likeness (QED) is 0.607. The maximum Gasteiger partial charge on any atom is 0.0917 e. The first-order valence-electron chi connectivity index (χ1n) is 12.2. The summed E-state index contributed by atoms with van der Waals surface area (Å²) < 4.78 is 0. The molecule has 30 heavy (non-hydrogen) atoms. The lowest BCUT2D eigenvalue weighted by Gasteiger charge is -2.61. The van der Waals surface area contributed by atoms with Crippen LogP contribution in [-0.4, -0.2) is 21.3 Å². The van der Waals surface area contributed by atoms with Crippen LogP contribution >= 0.6 is 11.6 Å². The first kappa shape index (κ1) is 21.2. The lowest BCUT2D eigenvalue weighted by Crippen LogP contribution is -2.55. The number of aliphatic hydroxyl groups excluding tert-OH is 1. The highest BCUT2D eigenvalue weighted by atomic mass is 35.5. The van der Waals surface area contributed by atoms with Crippen LogP contribution in [0.2, 0.25) is 5.02 Å². The van der Waals surface area contributed by atoms with Gasteiger partial charge in [-0.25, -0.2) is 0 Å². The minimum absolute atomic E-state index is 0.0791. The van der Waals surface area contributed by atoms with Gasteiger partial charge in [0.1, 0.15) is 0 Å². The number of fused-ring (bicyclic) bond motifs is 5. The van der Waals surface area contributed by atoms with Gasteiger partial charge in [-0.15, -0.1) is 0 Å². The summed E-state index contributed by atoms with van der Waals surface area (Å²) in [6, 6.07) is 1.91. The Kier molecular flexibility index (Phi) is 5.08. The van der Waals surface area contributed by atoms with Crippen LogP contribution < -0.4 is 0 Å². The Bertz CT molecular complexity index is 812. The molecule has 0 spiro atoms. The molecule has 0 aromatic carbocycles. The van der Waals surface area contributed by atoms with Crippen molar-refractivity contribution >= 4 is 11.6 Å². The van der Waals surface area contributed by atoms with Crippen molar-refractivity contribution in [3.05, 3.63) is 29.0 Å². The number of halogens is 1. The van der Waals surface area contributed by atoms with Gasteiger partial charge in [-0.2, -0.15) is 0 Å². The second-order valence-electron chi connectivity index (χ2n) is 11.8. The van der Waals surface area contributed by atoms with Crippen LogP contribution in [0.25, 0.3) is 0 Å². The van der Waals surface area contributed by atoms with Crippen molar-refractivity contribution in [3.63, 3.8) is 0 Å². The molecule has 4 heteroatoms. The van der Waals surface area contributed by atoms with Crippen LogP contribution in [0.1, 0.15) is 84.1 Å². The van der Waals surface area contributed by atoms with E-state index < -0.39 is 5.60 Å². The summed E-state index contributed by atoms with van der Waals surface area (Å²) in [4.78, 5) is 4.13. The van der Waals surface area contributed by atoms with E-state index in [1.807, 2.05) is 13.0 Å². The van der Waals surface area contributed by atoms with Gasteiger partial charge in [0.05, 0.1) is 16.7 Å². The first-order valence-corrected chi connectivity index (χ1v) is 12.6. The van der Waals surface area contributed by atoms with E-state index in [2.05, 4.69) is 18.8 Å². The van der Waals surface area contributed by atoms with Gasteiger partial charge in [-0.1, -0.05) is 25.4 Å². The minimum atomic E-state index is -0.924. The number of nitrogens with zero attached hydrogens (tertiary/aromatic N) is 1. The first-order chi connectivity index (χ1) is 14.2. The molecular formula is C26H38ClNO2. The molecule has 4 aliphatic rings. The summed E-state index contributed by atoms with van der Waals surface area (Å²) in [5.74, 6) is 3.18. The van der Waals surface area contributed by atoms with Gasteiger partial charge in [-0.05, 0) is 111 Å². The molecule has 9 atom stereocenters. The molecule has 4 fully saturated rings. The molecule has 0 aliphatic heterocycles. The van der Waals surface area contributed by atoms with Gasteiger partial charge in [0, 0.05) is 18.0 Å². The monoisotopic (exact) mass is 431 g/mol. The summed E-state index contributed by atoms with van der Waals surface area (Å²) in [6.45, 7) is 7.00. The molecular weight excluding hydrogens is 394 g/mol. The van der Waals surface area contributed by atoms with Crippen molar-refractivity contribution in [1.29, 1.82) is 0 Å². The van der Waals surface area contributed by atoms with E-state index in [0.717, 1.165) is 36.7 Å². The molecule has 0 amide bonds. The van der Waals surface area contributed by atoms with Crippen molar-refractivity contribution in [1.82, 2.24) is 4.98 Å². The molecule has 0 saturated heterocycles. The number of aliphatic hydroxyl groups is 2. The summed E-state index contributed by atoms with van der Waals surface area (Å²) >= 11 is 6.48. The number of hydrogen-bond acceptors (Lipinski definition) is 3. The largest absolute Gasteiger partial charge is 0.393 e. The zero-order chi connectivity index (χ0) is 21.3. The third-order valence-corrected chi connectivity index (χ3v) is 10.9. The SMILES string of the molecule is CC(O)(c1ccncc1Cl)[C@H]1CC[C@H]2[C@@H]3CC[C@H]4C[C@@H](O)CC[C@]4(C)[C@H]3CC[C@]12C. The molecule has 4 saturated carbocycles. The molecule has 3 nitrogen and oxygen atoms in total. The average molecular weight is 432 g/mol. The standard InChI is InChI=1S/C26H38ClNO2/c1-24-11-8-17(29)14-16(24)4-5-18-19-6-7-23(25(19,2)12-9-20(18)24)26(3,30)21-10-13-28-15-22(21)27/h10,13,15-20,23,29-30H,4-9,11-12,14H2,1-3H3/t16-,17-,18-,19-,20-,23-,24-,25-,26?/m0/s1. The van der Waals surface area contributed by atoms with Crippen molar-refractivity contribution in [3.8, 4) is 0 Å². The second kappa shape index (κ2) is 7.18. The van der Waals surface area contributed by atoms with Crippen LogP contribution in [-0.2, 0) is 5.60 Å². The van der Waals surface area contributed by atoms with Gasteiger partial charge in [0.15, 0.2) is 0 Å². The highest BCUT2D eigenvalue weighted by molar-refractivity contribution is 6.31. The molecule has 4 aliphatic carbocycles. The molecule has 0 radical (unpaired) electrons. The van der Waals surface area contributed by atoms with Crippen LogP contribution in [0.4, 0.5) is 0 Å². The molecule has 1 heterocycles. The molecule has 1 aromatic rings. The van der Waals surface area contributed by atoms with E-state index in [9.17, 15) is 10.2 Å². The third-order valence-electron chi connectivity index (χ3n) is 10.6. The molecule has 1 unspecified atom stereocenters. The topological polar surface area (TPSA) is 53.4 Å². The third kappa shape index (κ3) is 2.94. The van der Waals surface area contributed by atoms with E-state index in [1.54, 1.807) is 12.4 Å². The number of rotatable bonds is 2. The van der Waals surface area contributed by atoms with Gasteiger partial charge in [0.25, 0.3) is 0 Å². The lowest BCUT2D eigenvalue weighted by molar-refractivity contribution is -0.145. The zero-order valence-electron chi connectivity index (χ0n) is 18.8. The average Bonchev–Trinajstić information content (AvgIpc) is 3.07. The number of pyridine rings is 1. The van der Waals surface area contributed by atoms with Gasteiger partial charge in [0.2, 0.25) is 0 Å². The Hall–Kier alpha value is -0.640. The van der Waals surface area contributed by atoms with Crippen LogP contribution in [0, 0.1) is 40.4 Å². The number of aromatic nitrogens is 1. The van der Waals surface area contributed by atoms with E-state index in [1.165, 1.54) is 38.5 Å². The molecule has 0 bridgehead atoms. The maximum atomic E-state index is 11.8. The fourth-order valence-corrected chi connectivity index (χ4v) is 9.44. The van der Waals surface area contributed by atoms with Crippen molar-refractivity contribution in [2.24, 2.45) is 40.4 Å². The Morgan fingerprint density at radius 1 is 1.03 bits per heavy atom. The molecule has 5 rings (SSSR count). The normalized spacial score (nSPS) is 47.7. The Labute approximate surface area is 186 Å².